The third-order valence-corrected chi connectivity index (χ3v) is 4.93. The molecule has 2 aromatic carbocycles. The van der Waals surface area contributed by atoms with Gasteiger partial charge in [0.15, 0.2) is 0 Å². The topological polar surface area (TPSA) is 6.48 Å². The average molecular weight is 292 g/mol. The zero-order valence-electron chi connectivity index (χ0n) is 13.1. The van der Waals surface area contributed by atoms with Gasteiger partial charge >= 0.3 is 0 Å². The fourth-order valence-corrected chi connectivity index (χ4v) is 3.35. The van der Waals surface area contributed by atoms with Gasteiger partial charge in [0.1, 0.15) is 0 Å². The van der Waals surface area contributed by atoms with E-state index < -0.39 is 0 Å². The van der Waals surface area contributed by atoms with Crippen molar-refractivity contribution in [2.75, 3.05) is 37.6 Å². The number of anilines is 1. The van der Waals surface area contributed by atoms with Crippen LogP contribution in [0.2, 0.25) is 0 Å². The molecule has 2 aromatic rings. The highest BCUT2D eigenvalue weighted by molar-refractivity contribution is 5.66. The van der Waals surface area contributed by atoms with Crippen LogP contribution in [0, 0.1) is 5.92 Å². The number of nitrogens with zero attached hydrogens (tertiary/aromatic N) is 2. The lowest BCUT2D eigenvalue weighted by atomic mass is 10.1. The number of hydrogen-bond acceptors (Lipinski definition) is 2. The molecule has 4 rings (SSSR count). The molecular weight excluding hydrogens is 268 g/mol. The van der Waals surface area contributed by atoms with Gasteiger partial charge in [0.05, 0.1) is 0 Å². The van der Waals surface area contributed by atoms with Crippen molar-refractivity contribution in [2.45, 2.75) is 12.8 Å². The van der Waals surface area contributed by atoms with E-state index in [1.807, 2.05) is 0 Å². The third-order valence-electron chi connectivity index (χ3n) is 4.93. The van der Waals surface area contributed by atoms with Gasteiger partial charge in [-0.2, -0.15) is 0 Å². The molecule has 1 aliphatic heterocycles. The maximum Gasteiger partial charge on any atom is 0.0367 e. The minimum atomic E-state index is 1.01. The Morgan fingerprint density at radius 3 is 2.00 bits per heavy atom. The largest absolute Gasteiger partial charge is 0.369 e. The van der Waals surface area contributed by atoms with Crippen LogP contribution >= 0.6 is 0 Å². The second kappa shape index (κ2) is 6.13. The molecule has 0 atom stereocenters. The van der Waals surface area contributed by atoms with E-state index >= 15 is 0 Å². The Morgan fingerprint density at radius 2 is 1.36 bits per heavy atom. The van der Waals surface area contributed by atoms with Gasteiger partial charge in [-0.15, -0.1) is 0 Å². The zero-order valence-corrected chi connectivity index (χ0v) is 13.1. The normalized spacial score (nSPS) is 19.4. The zero-order chi connectivity index (χ0) is 14.8. The van der Waals surface area contributed by atoms with E-state index in [4.69, 9.17) is 0 Å². The van der Waals surface area contributed by atoms with E-state index in [0.717, 1.165) is 19.0 Å². The lowest BCUT2D eigenvalue weighted by Crippen LogP contribution is -2.47. The summed E-state index contributed by atoms with van der Waals surface area (Å²) in [5.41, 5.74) is 3.96. The second-order valence-electron chi connectivity index (χ2n) is 6.64. The van der Waals surface area contributed by atoms with E-state index in [2.05, 4.69) is 64.4 Å². The summed E-state index contributed by atoms with van der Waals surface area (Å²) in [4.78, 5) is 5.17. The van der Waals surface area contributed by atoms with Gasteiger partial charge < -0.3 is 4.90 Å². The van der Waals surface area contributed by atoms with Gasteiger partial charge in [-0.05, 0) is 42.0 Å². The van der Waals surface area contributed by atoms with Crippen LogP contribution in [0.1, 0.15) is 12.8 Å². The molecule has 0 aromatic heterocycles. The van der Waals surface area contributed by atoms with Crippen molar-refractivity contribution in [1.82, 2.24) is 4.90 Å². The van der Waals surface area contributed by atoms with Crippen molar-refractivity contribution >= 4 is 5.69 Å². The smallest absolute Gasteiger partial charge is 0.0367 e. The molecular formula is C20H24N2. The van der Waals surface area contributed by atoms with Gasteiger partial charge in [0.25, 0.3) is 0 Å². The summed E-state index contributed by atoms with van der Waals surface area (Å²) >= 11 is 0. The van der Waals surface area contributed by atoms with Gasteiger partial charge in [0, 0.05) is 38.4 Å². The monoisotopic (exact) mass is 292 g/mol. The van der Waals surface area contributed by atoms with Crippen molar-refractivity contribution in [3.63, 3.8) is 0 Å². The molecule has 0 amide bonds. The van der Waals surface area contributed by atoms with Gasteiger partial charge in [-0.1, -0.05) is 42.5 Å². The number of piperazine rings is 1. The molecule has 0 radical (unpaired) electrons. The predicted molar refractivity (Wildman–Crippen MR) is 93.3 cm³/mol. The lowest BCUT2D eigenvalue weighted by Gasteiger charge is -2.36. The Morgan fingerprint density at radius 1 is 0.727 bits per heavy atom. The van der Waals surface area contributed by atoms with E-state index in [9.17, 15) is 0 Å². The Kier molecular flexibility index (Phi) is 3.86. The van der Waals surface area contributed by atoms with E-state index in [1.165, 1.54) is 49.3 Å². The first-order valence-corrected chi connectivity index (χ1v) is 8.51. The number of benzene rings is 2. The molecule has 0 bridgehead atoms. The Balaban J connectivity index is 1.39. The predicted octanol–water partition coefficient (Wildman–Crippen LogP) is 3.89. The van der Waals surface area contributed by atoms with Crippen molar-refractivity contribution in [2.24, 2.45) is 5.92 Å². The number of hydrogen-bond donors (Lipinski definition) is 0. The highest BCUT2D eigenvalue weighted by Gasteiger charge is 2.26. The summed E-state index contributed by atoms with van der Waals surface area (Å²) in [7, 11) is 0. The van der Waals surface area contributed by atoms with Crippen molar-refractivity contribution < 1.29 is 0 Å². The van der Waals surface area contributed by atoms with Crippen molar-refractivity contribution in [3.05, 3.63) is 54.6 Å². The van der Waals surface area contributed by atoms with Crippen molar-refractivity contribution in [1.29, 1.82) is 0 Å². The molecule has 0 spiro atoms. The van der Waals surface area contributed by atoms with Crippen molar-refractivity contribution in [3.8, 4) is 11.1 Å². The highest BCUT2D eigenvalue weighted by atomic mass is 15.3. The van der Waals surface area contributed by atoms with Gasteiger partial charge in [-0.25, -0.2) is 0 Å². The van der Waals surface area contributed by atoms with Crippen LogP contribution < -0.4 is 4.90 Å². The summed E-state index contributed by atoms with van der Waals surface area (Å²) in [5, 5.41) is 0. The van der Waals surface area contributed by atoms with Crippen LogP contribution in [-0.2, 0) is 0 Å². The summed E-state index contributed by atoms with van der Waals surface area (Å²) in [6.07, 6.45) is 2.92. The second-order valence-corrected chi connectivity index (χ2v) is 6.64. The van der Waals surface area contributed by atoms with Crippen LogP contribution in [0.15, 0.2) is 54.6 Å². The molecule has 1 heterocycles. The Bertz CT molecular complexity index is 593. The van der Waals surface area contributed by atoms with Crippen LogP contribution in [0.3, 0.4) is 0 Å². The molecule has 1 saturated carbocycles. The van der Waals surface area contributed by atoms with Crippen LogP contribution in [0.5, 0.6) is 0 Å². The first kappa shape index (κ1) is 13.8. The van der Waals surface area contributed by atoms with Crippen LogP contribution in [0.4, 0.5) is 5.69 Å². The molecule has 1 aliphatic carbocycles. The lowest BCUT2D eigenvalue weighted by molar-refractivity contribution is 0.248. The maximum absolute atomic E-state index is 2.65. The summed E-state index contributed by atoms with van der Waals surface area (Å²) in [6, 6.07) is 19.7. The molecule has 22 heavy (non-hydrogen) atoms. The minimum absolute atomic E-state index is 1.01. The highest BCUT2D eigenvalue weighted by Crippen LogP contribution is 2.30. The molecule has 1 saturated heterocycles. The Labute approximate surface area is 133 Å². The van der Waals surface area contributed by atoms with Gasteiger partial charge in [0.2, 0.25) is 0 Å². The molecule has 2 aliphatic rings. The van der Waals surface area contributed by atoms with Crippen LogP contribution in [-0.4, -0.2) is 37.6 Å². The molecule has 2 heteroatoms. The number of rotatable bonds is 4. The van der Waals surface area contributed by atoms with E-state index in [-0.39, 0.29) is 0 Å². The maximum atomic E-state index is 2.65. The van der Waals surface area contributed by atoms with E-state index in [0.29, 0.717) is 0 Å². The summed E-state index contributed by atoms with van der Waals surface area (Å²) in [5.74, 6) is 1.01. The minimum Gasteiger partial charge on any atom is -0.369 e. The molecule has 0 N–H and O–H groups in total. The fourth-order valence-electron chi connectivity index (χ4n) is 3.35. The average Bonchev–Trinajstić information content (AvgIpc) is 3.41. The van der Waals surface area contributed by atoms with Crippen LogP contribution in [0.25, 0.3) is 11.1 Å². The molecule has 0 unspecified atom stereocenters. The molecule has 2 nitrogen and oxygen atoms in total. The fraction of sp³-hybridized carbons (Fsp3) is 0.400. The SMILES string of the molecule is c1ccc(-c2ccc(N3CCN(CC4CC4)CC3)cc2)cc1. The molecule has 2 fully saturated rings. The standard InChI is InChI=1S/C20H24N2/c1-2-4-18(5-3-1)19-8-10-20(11-9-19)22-14-12-21(13-15-22)16-17-6-7-17/h1-5,8-11,17H,6-7,12-16H2. The quantitative estimate of drug-likeness (QED) is 0.843. The van der Waals surface area contributed by atoms with Gasteiger partial charge in [-0.3, -0.25) is 4.90 Å². The molecule has 114 valence electrons. The summed E-state index contributed by atoms with van der Waals surface area (Å²) in [6.45, 7) is 6.10. The first-order chi connectivity index (χ1) is 10.9. The summed E-state index contributed by atoms with van der Waals surface area (Å²) < 4.78 is 0. The first-order valence-electron chi connectivity index (χ1n) is 8.51. The Hall–Kier alpha value is -1.80. The van der Waals surface area contributed by atoms with E-state index in [1.54, 1.807) is 0 Å². The third kappa shape index (κ3) is 3.17.